The van der Waals surface area contributed by atoms with E-state index in [0.29, 0.717) is 0 Å². The van der Waals surface area contributed by atoms with Gasteiger partial charge in [0, 0.05) is 53.6 Å². The third-order valence-electron chi connectivity index (χ3n) is 0. The van der Waals surface area contributed by atoms with Crippen LogP contribution in [-0.2, 0) is 53.6 Å². The van der Waals surface area contributed by atoms with Crippen LogP contribution in [0.1, 0.15) is 0 Å². The molecule has 0 aliphatic heterocycles. The van der Waals surface area contributed by atoms with E-state index in [1.165, 1.54) is 0 Å². The van der Waals surface area contributed by atoms with Gasteiger partial charge in [0.05, 0.1) is 0 Å². The molecule has 0 heterocycles. The van der Waals surface area contributed by atoms with Crippen molar-refractivity contribution in [1.82, 2.24) is 0 Å². The molecule has 0 unspecified atom stereocenters. The molecule has 0 atom stereocenters. The summed E-state index contributed by atoms with van der Waals surface area (Å²) in [5.41, 5.74) is 0. The van der Waals surface area contributed by atoms with Crippen molar-refractivity contribution in [2.75, 3.05) is 0 Å². The van der Waals surface area contributed by atoms with Crippen LogP contribution >= 0.6 is 0 Å². The SMILES string of the molecule is [Cu].[Fe].[SiH4].[Zn]. The summed E-state index contributed by atoms with van der Waals surface area (Å²) in [6.07, 6.45) is 0. The molecule has 0 nitrogen and oxygen atoms in total. The Hall–Kier alpha value is 1.88. The van der Waals surface area contributed by atoms with E-state index in [-0.39, 0.29) is 64.6 Å². The van der Waals surface area contributed by atoms with E-state index in [4.69, 9.17) is 0 Å². The van der Waals surface area contributed by atoms with E-state index in [0.717, 1.165) is 0 Å². The number of hydrogen-bond acceptors (Lipinski definition) is 0. The van der Waals surface area contributed by atoms with Gasteiger partial charge in [-0.05, 0) is 11.0 Å². The van der Waals surface area contributed by atoms with Crippen LogP contribution in [-0.4, -0.2) is 11.0 Å². The van der Waals surface area contributed by atoms with Crippen LogP contribution in [0.25, 0.3) is 0 Å². The van der Waals surface area contributed by atoms with Gasteiger partial charge in [-0.15, -0.1) is 0 Å². The van der Waals surface area contributed by atoms with Crippen LogP contribution in [0.2, 0.25) is 0 Å². The molecule has 29 valence electrons. The fourth-order valence-electron chi connectivity index (χ4n) is 0. The van der Waals surface area contributed by atoms with Crippen LogP contribution in [0.4, 0.5) is 0 Å². The molecule has 0 spiro atoms. The molecule has 0 rings (SSSR count). The van der Waals surface area contributed by atoms with Gasteiger partial charge in [0.25, 0.3) is 0 Å². The van der Waals surface area contributed by atoms with Gasteiger partial charge in [-0.2, -0.15) is 0 Å². The molecule has 0 amide bonds. The van der Waals surface area contributed by atoms with Crippen molar-refractivity contribution in [3.8, 4) is 0 Å². The molecule has 1 radical (unpaired) electrons. The minimum atomic E-state index is 0. The summed E-state index contributed by atoms with van der Waals surface area (Å²) >= 11 is 0. The Kier molecular flexibility index (Phi) is 206. The second kappa shape index (κ2) is 20.8. The first-order valence-electron chi connectivity index (χ1n) is 0. The summed E-state index contributed by atoms with van der Waals surface area (Å²) < 4.78 is 0. The van der Waals surface area contributed by atoms with Crippen molar-refractivity contribution in [3.05, 3.63) is 0 Å². The fraction of sp³-hybridized carbons (Fsp3) is 0. The Morgan fingerprint density at radius 3 is 1.00 bits per heavy atom. The summed E-state index contributed by atoms with van der Waals surface area (Å²) in [7, 11) is 0. The Morgan fingerprint density at radius 2 is 1.00 bits per heavy atom. The second-order valence-electron chi connectivity index (χ2n) is 0. The molecule has 4 heavy (non-hydrogen) atoms. The number of rotatable bonds is 0. The molecule has 4 heteroatoms. The van der Waals surface area contributed by atoms with Crippen LogP contribution in [0.5, 0.6) is 0 Å². The average Bonchev–Trinajstić information content (AvgIpc) is 0. The molecule has 0 fully saturated rings. The fourth-order valence-corrected chi connectivity index (χ4v) is 0. The van der Waals surface area contributed by atoms with Crippen molar-refractivity contribution in [3.63, 3.8) is 0 Å². The topological polar surface area (TPSA) is 0 Å². The van der Waals surface area contributed by atoms with Gasteiger partial charge in [-0.25, -0.2) is 0 Å². The second-order valence-corrected chi connectivity index (χ2v) is 0. The largest absolute Gasteiger partial charge is 0.0149 e. The van der Waals surface area contributed by atoms with Gasteiger partial charge in [0.15, 0.2) is 0 Å². The smallest absolute Gasteiger partial charge is 0 e. The van der Waals surface area contributed by atoms with E-state index in [9.17, 15) is 0 Å². The van der Waals surface area contributed by atoms with Crippen molar-refractivity contribution in [1.29, 1.82) is 0 Å². The van der Waals surface area contributed by atoms with Gasteiger partial charge >= 0.3 is 0 Å². The zero-order chi connectivity index (χ0) is 0. The zero-order valence-electron chi connectivity index (χ0n) is 1.36. The maximum Gasteiger partial charge on any atom is 0 e. The van der Waals surface area contributed by atoms with Crippen molar-refractivity contribution in [2.24, 2.45) is 0 Å². The molecule has 0 aromatic carbocycles. The van der Waals surface area contributed by atoms with E-state index >= 15 is 0 Å². The maximum atomic E-state index is 0. The first-order chi connectivity index (χ1) is 0. The van der Waals surface area contributed by atoms with Crippen LogP contribution in [0.15, 0.2) is 0 Å². The molecule has 0 bridgehead atoms. The third-order valence-corrected chi connectivity index (χ3v) is 0. The van der Waals surface area contributed by atoms with Crippen LogP contribution < -0.4 is 0 Å². The van der Waals surface area contributed by atoms with E-state index in [1.807, 2.05) is 0 Å². The number of hydrogen-bond donors (Lipinski definition) is 0. The minimum absolute atomic E-state index is 0. The molecular formula is H4CuFeSiZn. The minimum Gasteiger partial charge on any atom is -0.0149 e. The van der Waals surface area contributed by atoms with Crippen molar-refractivity contribution in [2.45, 2.75) is 0 Å². The van der Waals surface area contributed by atoms with Gasteiger partial charge in [-0.1, -0.05) is 0 Å². The van der Waals surface area contributed by atoms with Gasteiger partial charge in [-0.3, -0.25) is 0 Å². The molecule has 0 aliphatic rings. The molecule has 0 aromatic heterocycles. The standard InChI is InChI=1S/Cu.Fe.H4Si.Zn/h;;1H4;. The molecular weight excluding hydrogens is 213 g/mol. The summed E-state index contributed by atoms with van der Waals surface area (Å²) in [4.78, 5) is 0. The van der Waals surface area contributed by atoms with Crippen LogP contribution in [0.3, 0.4) is 0 Å². The average molecular weight is 217 g/mol. The van der Waals surface area contributed by atoms with E-state index < -0.39 is 0 Å². The Morgan fingerprint density at radius 1 is 1.00 bits per heavy atom. The normalized spacial score (nSPS) is 0. The molecule has 0 N–H and O–H groups in total. The predicted octanol–water partition coefficient (Wildman–Crippen LogP) is -1.46. The molecule has 0 aromatic rings. The summed E-state index contributed by atoms with van der Waals surface area (Å²) in [6, 6.07) is 0. The predicted molar refractivity (Wildman–Crippen MR) is 11.3 cm³/mol. The molecule has 0 aliphatic carbocycles. The maximum absolute atomic E-state index is 0. The third kappa shape index (κ3) is 9.11. The van der Waals surface area contributed by atoms with Gasteiger partial charge < -0.3 is 0 Å². The Balaban J connectivity index is 0. The van der Waals surface area contributed by atoms with Crippen molar-refractivity contribution < 1.29 is 53.6 Å². The zero-order valence-corrected chi connectivity index (χ0v) is 6.38. The van der Waals surface area contributed by atoms with Crippen LogP contribution in [0, 0.1) is 0 Å². The Labute approximate surface area is 64.2 Å². The summed E-state index contributed by atoms with van der Waals surface area (Å²) in [5, 5.41) is 0. The first-order valence-corrected chi connectivity index (χ1v) is 0. The Bertz CT molecular complexity index is 8.00. The summed E-state index contributed by atoms with van der Waals surface area (Å²) in [6.45, 7) is 0. The first kappa shape index (κ1) is 39.6. The summed E-state index contributed by atoms with van der Waals surface area (Å²) in [5.74, 6) is 0. The van der Waals surface area contributed by atoms with E-state index in [1.54, 1.807) is 0 Å². The molecule has 0 saturated heterocycles. The van der Waals surface area contributed by atoms with Gasteiger partial charge in [0.2, 0.25) is 0 Å². The molecule has 0 saturated carbocycles. The monoisotopic (exact) mass is 215 g/mol. The van der Waals surface area contributed by atoms with Crippen molar-refractivity contribution >= 4 is 11.0 Å². The van der Waals surface area contributed by atoms with E-state index in [2.05, 4.69) is 0 Å². The quantitative estimate of drug-likeness (QED) is 0.435. The van der Waals surface area contributed by atoms with Gasteiger partial charge in [0.1, 0.15) is 0 Å².